The van der Waals surface area contributed by atoms with Gasteiger partial charge in [0.1, 0.15) is 12.4 Å². The minimum absolute atomic E-state index is 0.179. The minimum Gasteiger partial charge on any atom is -0.487 e. The lowest BCUT2D eigenvalue weighted by molar-refractivity contribution is 0.0990. The van der Waals surface area contributed by atoms with Gasteiger partial charge in [0.15, 0.2) is 0 Å². The molecule has 1 heterocycles. The van der Waals surface area contributed by atoms with Crippen LogP contribution in [0.2, 0.25) is 0 Å². The lowest BCUT2D eigenvalue weighted by Gasteiger charge is -2.32. The first kappa shape index (κ1) is 32.7. The van der Waals surface area contributed by atoms with E-state index in [0.29, 0.717) is 34.9 Å². The van der Waals surface area contributed by atoms with Crippen molar-refractivity contribution in [2.75, 3.05) is 50.5 Å². The summed E-state index contributed by atoms with van der Waals surface area (Å²) in [4.78, 5) is 33.3. The molecule has 0 aliphatic carbocycles. The van der Waals surface area contributed by atoms with Crippen LogP contribution in [-0.4, -0.2) is 61.9 Å². The van der Waals surface area contributed by atoms with E-state index in [4.69, 9.17) is 4.74 Å². The standard InChI is InChI=1S/C41H42N4O3/c1-30-12-18-33(19-13-30)36-8-4-5-9-37(36)40(46)42-35-22-20-34(21-23-35)41(47)44(3)38-10-6-7-11-39(38)48-29-32-16-14-31(15-17-32)28-45-26-24-43(2)25-27-45/h4-23H,24-29H2,1-3H3,(H,42,46). The molecule has 5 aromatic carbocycles. The summed E-state index contributed by atoms with van der Waals surface area (Å²) in [7, 11) is 3.92. The SMILES string of the molecule is Cc1ccc(-c2ccccc2C(=O)Nc2ccc(C(=O)N(C)c3ccccc3OCc3ccc(CN4CCN(C)CC4)cc3)cc2)cc1. The van der Waals surface area contributed by atoms with E-state index in [1.807, 2.05) is 79.7 Å². The highest BCUT2D eigenvalue weighted by Crippen LogP contribution is 2.30. The zero-order valence-electron chi connectivity index (χ0n) is 27.9. The maximum absolute atomic E-state index is 13.5. The molecule has 1 N–H and O–H groups in total. The minimum atomic E-state index is -0.210. The van der Waals surface area contributed by atoms with Crippen LogP contribution in [0.25, 0.3) is 11.1 Å². The van der Waals surface area contributed by atoms with E-state index in [-0.39, 0.29) is 11.8 Å². The lowest BCUT2D eigenvalue weighted by atomic mass is 9.98. The third-order valence-electron chi connectivity index (χ3n) is 8.87. The number of carbonyl (C=O) groups is 2. The highest BCUT2D eigenvalue weighted by molar-refractivity contribution is 6.09. The fourth-order valence-electron chi connectivity index (χ4n) is 5.89. The summed E-state index contributed by atoms with van der Waals surface area (Å²) in [6.45, 7) is 7.80. The van der Waals surface area contributed by atoms with Crippen LogP contribution in [0, 0.1) is 6.92 Å². The average molecular weight is 639 g/mol. The van der Waals surface area contributed by atoms with E-state index in [2.05, 4.69) is 46.4 Å². The number of nitrogens with zero attached hydrogens (tertiary/aromatic N) is 3. The number of benzene rings is 5. The summed E-state index contributed by atoms with van der Waals surface area (Å²) in [5.41, 5.74) is 7.74. The number of nitrogens with one attached hydrogen (secondary N) is 1. The summed E-state index contributed by atoms with van der Waals surface area (Å²) in [6, 6.07) is 38.8. The molecule has 5 aromatic rings. The van der Waals surface area contributed by atoms with Crippen LogP contribution in [0.4, 0.5) is 11.4 Å². The topological polar surface area (TPSA) is 65.1 Å². The molecule has 0 unspecified atom stereocenters. The Morgan fingerprint density at radius 3 is 2.12 bits per heavy atom. The summed E-state index contributed by atoms with van der Waals surface area (Å²) >= 11 is 0. The van der Waals surface area contributed by atoms with Crippen molar-refractivity contribution in [3.8, 4) is 16.9 Å². The van der Waals surface area contributed by atoms with Crippen molar-refractivity contribution in [1.82, 2.24) is 9.80 Å². The molecule has 0 atom stereocenters. The molecule has 244 valence electrons. The van der Waals surface area contributed by atoms with Crippen LogP contribution in [0.15, 0.2) is 121 Å². The number of hydrogen-bond donors (Lipinski definition) is 1. The van der Waals surface area contributed by atoms with Crippen LogP contribution in [0.5, 0.6) is 5.75 Å². The van der Waals surface area contributed by atoms with Gasteiger partial charge < -0.3 is 19.9 Å². The highest BCUT2D eigenvalue weighted by Gasteiger charge is 2.19. The van der Waals surface area contributed by atoms with Gasteiger partial charge in [0.25, 0.3) is 11.8 Å². The molecule has 2 amide bonds. The van der Waals surface area contributed by atoms with Crippen LogP contribution in [0.3, 0.4) is 0 Å². The summed E-state index contributed by atoms with van der Waals surface area (Å²) in [6.07, 6.45) is 0. The normalized spacial score (nSPS) is 13.6. The monoisotopic (exact) mass is 638 g/mol. The molecule has 1 aliphatic rings. The van der Waals surface area contributed by atoms with Crippen molar-refractivity contribution in [3.63, 3.8) is 0 Å². The van der Waals surface area contributed by atoms with Crippen molar-refractivity contribution < 1.29 is 14.3 Å². The summed E-state index contributed by atoms with van der Waals surface area (Å²) < 4.78 is 6.23. The quantitative estimate of drug-likeness (QED) is 0.172. The van der Waals surface area contributed by atoms with Gasteiger partial charge in [0.2, 0.25) is 0 Å². The van der Waals surface area contributed by atoms with Gasteiger partial charge in [-0.3, -0.25) is 14.5 Å². The molecule has 1 fully saturated rings. The second-order valence-electron chi connectivity index (χ2n) is 12.5. The average Bonchev–Trinajstić information content (AvgIpc) is 3.12. The van der Waals surface area contributed by atoms with Crippen LogP contribution in [-0.2, 0) is 13.2 Å². The number of aryl methyl sites for hydroxylation is 1. The van der Waals surface area contributed by atoms with Crippen LogP contribution < -0.4 is 15.0 Å². The van der Waals surface area contributed by atoms with Crippen LogP contribution >= 0.6 is 0 Å². The predicted octanol–water partition coefficient (Wildman–Crippen LogP) is 7.52. The fraction of sp³-hybridized carbons (Fsp3) is 0.220. The number of amides is 2. The maximum atomic E-state index is 13.5. The summed E-state index contributed by atoms with van der Waals surface area (Å²) in [5, 5.41) is 2.99. The Hall–Kier alpha value is -5.24. The van der Waals surface area contributed by atoms with Gasteiger partial charge >= 0.3 is 0 Å². The molecule has 0 aromatic heterocycles. The van der Waals surface area contributed by atoms with Crippen molar-refractivity contribution >= 4 is 23.2 Å². The van der Waals surface area contributed by atoms with E-state index in [0.717, 1.165) is 55.0 Å². The Bertz CT molecular complexity index is 1840. The zero-order valence-corrected chi connectivity index (χ0v) is 27.9. The summed E-state index contributed by atoms with van der Waals surface area (Å²) in [5.74, 6) is 0.242. The Kier molecular flexibility index (Phi) is 10.3. The molecular weight excluding hydrogens is 596 g/mol. The molecule has 48 heavy (non-hydrogen) atoms. The van der Waals surface area contributed by atoms with E-state index in [1.54, 1.807) is 36.2 Å². The number of para-hydroxylation sites is 2. The Morgan fingerprint density at radius 1 is 0.750 bits per heavy atom. The van der Waals surface area contributed by atoms with Gasteiger partial charge in [-0.05, 0) is 78.7 Å². The molecule has 1 aliphatic heterocycles. The number of carbonyl (C=O) groups excluding carboxylic acids is 2. The van der Waals surface area contributed by atoms with Crippen molar-refractivity contribution in [2.24, 2.45) is 0 Å². The third-order valence-corrected chi connectivity index (χ3v) is 8.87. The molecule has 0 bridgehead atoms. The number of rotatable bonds is 10. The van der Waals surface area contributed by atoms with E-state index in [1.165, 1.54) is 5.56 Å². The highest BCUT2D eigenvalue weighted by atomic mass is 16.5. The third kappa shape index (κ3) is 8.00. The molecule has 0 radical (unpaired) electrons. The number of ether oxygens (including phenoxy) is 1. The molecule has 1 saturated heterocycles. The van der Waals surface area contributed by atoms with E-state index < -0.39 is 0 Å². The predicted molar refractivity (Wildman–Crippen MR) is 194 cm³/mol. The number of anilines is 2. The smallest absolute Gasteiger partial charge is 0.258 e. The first-order valence-electron chi connectivity index (χ1n) is 16.4. The maximum Gasteiger partial charge on any atom is 0.258 e. The van der Waals surface area contributed by atoms with Crippen LogP contribution in [0.1, 0.15) is 37.4 Å². The van der Waals surface area contributed by atoms with Gasteiger partial charge in [-0.2, -0.15) is 0 Å². The molecule has 0 saturated carbocycles. The molecular formula is C41H42N4O3. The molecule has 7 heteroatoms. The van der Waals surface area contributed by atoms with Crippen molar-refractivity contribution in [1.29, 1.82) is 0 Å². The molecule has 0 spiro atoms. The number of hydrogen-bond acceptors (Lipinski definition) is 5. The Morgan fingerprint density at radius 2 is 1.40 bits per heavy atom. The zero-order chi connectivity index (χ0) is 33.5. The van der Waals surface area contributed by atoms with E-state index in [9.17, 15) is 9.59 Å². The van der Waals surface area contributed by atoms with Gasteiger partial charge in [-0.1, -0.05) is 84.4 Å². The largest absolute Gasteiger partial charge is 0.487 e. The van der Waals surface area contributed by atoms with E-state index >= 15 is 0 Å². The second kappa shape index (κ2) is 15.1. The first-order chi connectivity index (χ1) is 23.3. The molecule has 6 rings (SSSR count). The van der Waals surface area contributed by atoms with Gasteiger partial charge in [-0.25, -0.2) is 0 Å². The second-order valence-corrected chi connectivity index (χ2v) is 12.5. The molecule has 7 nitrogen and oxygen atoms in total. The van der Waals surface area contributed by atoms with Crippen molar-refractivity contribution in [3.05, 3.63) is 149 Å². The van der Waals surface area contributed by atoms with Gasteiger partial charge in [-0.15, -0.1) is 0 Å². The lowest BCUT2D eigenvalue weighted by Crippen LogP contribution is -2.43. The Labute approximate surface area is 283 Å². The number of likely N-dealkylation sites (N-methyl/N-ethyl adjacent to an activating group) is 1. The Balaban J connectivity index is 1.07. The van der Waals surface area contributed by atoms with Gasteiger partial charge in [0, 0.05) is 56.6 Å². The fourth-order valence-corrected chi connectivity index (χ4v) is 5.89. The van der Waals surface area contributed by atoms with Gasteiger partial charge in [0.05, 0.1) is 5.69 Å². The van der Waals surface area contributed by atoms with Crippen molar-refractivity contribution in [2.45, 2.75) is 20.1 Å². The number of piperazine rings is 1. The first-order valence-corrected chi connectivity index (χ1v) is 16.4.